The van der Waals surface area contributed by atoms with Crippen molar-refractivity contribution in [1.29, 1.82) is 0 Å². The van der Waals surface area contributed by atoms with Gasteiger partial charge in [-0.1, -0.05) is 17.7 Å². The van der Waals surface area contributed by atoms with Gasteiger partial charge in [0, 0.05) is 25.8 Å². The molecule has 0 amide bonds. The highest BCUT2D eigenvalue weighted by atomic mass is 16.5. The molecule has 1 N–H and O–H groups in total. The fourth-order valence-electron chi connectivity index (χ4n) is 4.39. The summed E-state index contributed by atoms with van der Waals surface area (Å²) in [5.74, 6) is 0.755. The molecular weight excluding hydrogens is 272 g/mol. The van der Waals surface area contributed by atoms with Crippen LogP contribution in [0.15, 0.2) is 35.6 Å². The number of hydrogen-bond acceptors (Lipinski definition) is 3. The summed E-state index contributed by atoms with van der Waals surface area (Å²) >= 11 is 0. The first-order valence-electron chi connectivity index (χ1n) is 9.06. The second-order valence-electron chi connectivity index (χ2n) is 7.15. The molecule has 2 saturated heterocycles. The van der Waals surface area contributed by atoms with Crippen molar-refractivity contribution in [2.75, 3.05) is 26.3 Å². The van der Waals surface area contributed by atoms with Gasteiger partial charge in [-0.3, -0.25) is 0 Å². The molecule has 4 rings (SSSR count). The van der Waals surface area contributed by atoms with Crippen molar-refractivity contribution < 1.29 is 4.74 Å². The van der Waals surface area contributed by atoms with E-state index in [4.69, 9.17) is 4.74 Å². The van der Waals surface area contributed by atoms with Gasteiger partial charge >= 0.3 is 0 Å². The van der Waals surface area contributed by atoms with Crippen LogP contribution in [0.1, 0.15) is 38.5 Å². The van der Waals surface area contributed by atoms with Crippen LogP contribution in [0.2, 0.25) is 0 Å². The van der Waals surface area contributed by atoms with Gasteiger partial charge in [-0.05, 0) is 68.8 Å². The van der Waals surface area contributed by atoms with Crippen LogP contribution in [-0.2, 0) is 4.74 Å². The molecule has 2 unspecified atom stereocenters. The van der Waals surface area contributed by atoms with Crippen LogP contribution in [0.3, 0.4) is 0 Å². The lowest BCUT2D eigenvalue weighted by Crippen LogP contribution is -2.35. The molecule has 0 spiro atoms. The van der Waals surface area contributed by atoms with Crippen LogP contribution in [0, 0.1) is 5.92 Å². The fourth-order valence-corrected chi connectivity index (χ4v) is 4.39. The molecule has 3 heteroatoms. The standard InChI is InChI=1S/C19H28N2O/c1-2-18(20-9-1)6-11-21-10-5-16-3-4-17(14-19(16)21)15-7-12-22-13-8-15/h3-5,10,15,18-20H,1-2,6-9,11-14H2. The number of allylic oxidation sites excluding steroid dienone is 2. The van der Waals surface area contributed by atoms with E-state index in [1.54, 1.807) is 5.57 Å². The Morgan fingerprint density at radius 1 is 1.18 bits per heavy atom. The molecule has 0 aromatic rings. The summed E-state index contributed by atoms with van der Waals surface area (Å²) in [5.41, 5.74) is 3.17. The van der Waals surface area contributed by atoms with Crippen molar-refractivity contribution >= 4 is 0 Å². The van der Waals surface area contributed by atoms with Crippen LogP contribution < -0.4 is 5.32 Å². The molecule has 1 aliphatic carbocycles. The van der Waals surface area contributed by atoms with Gasteiger partial charge in [-0.2, -0.15) is 0 Å². The van der Waals surface area contributed by atoms with Gasteiger partial charge in [0.05, 0.1) is 6.04 Å². The third kappa shape index (κ3) is 3.02. The molecule has 0 aromatic heterocycles. The van der Waals surface area contributed by atoms with Crippen molar-refractivity contribution in [1.82, 2.24) is 10.2 Å². The molecule has 2 fully saturated rings. The van der Waals surface area contributed by atoms with Crippen molar-refractivity contribution in [2.45, 2.75) is 50.6 Å². The van der Waals surface area contributed by atoms with Gasteiger partial charge in [0.15, 0.2) is 0 Å². The molecule has 4 aliphatic rings. The Bertz CT molecular complexity index is 482. The average Bonchev–Trinajstić information content (AvgIpc) is 3.23. The van der Waals surface area contributed by atoms with Crippen molar-refractivity contribution in [3.05, 3.63) is 35.6 Å². The van der Waals surface area contributed by atoms with Gasteiger partial charge in [0.1, 0.15) is 0 Å². The summed E-state index contributed by atoms with van der Waals surface area (Å²) in [7, 11) is 0. The molecule has 0 bridgehead atoms. The number of fused-ring (bicyclic) bond motifs is 1. The first kappa shape index (κ1) is 14.5. The normalized spacial score (nSPS) is 32.1. The first-order valence-corrected chi connectivity index (χ1v) is 9.06. The highest BCUT2D eigenvalue weighted by Gasteiger charge is 2.30. The van der Waals surface area contributed by atoms with Gasteiger partial charge in [-0.15, -0.1) is 0 Å². The van der Waals surface area contributed by atoms with Crippen LogP contribution in [0.5, 0.6) is 0 Å². The van der Waals surface area contributed by atoms with Crippen LogP contribution >= 0.6 is 0 Å². The number of ether oxygens (including phenoxy) is 1. The van der Waals surface area contributed by atoms with Crippen LogP contribution in [-0.4, -0.2) is 43.3 Å². The Balaban J connectivity index is 1.36. The maximum Gasteiger partial charge on any atom is 0.0574 e. The predicted molar refractivity (Wildman–Crippen MR) is 89.6 cm³/mol. The number of rotatable bonds is 4. The predicted octanol–water partition coefficient (Wildman–Crippen LogP) is 3.01. The van der Waals surface area contributed by atoms with E-state index in [0.29, 0.717) is 6.04 Å². The minimum atomic E-state index is 0.601. The Morgan fingerprint density at radius 3 is 2.91 bits per heavy atom. The van der Waals surface area contributed by atoms with E-state index in [-0.39, 0.29) is 0 Å². The van der Waals surface area contributed by atoms with Crippen molar-refractivity contribution in [3.63, 3.8) is 0 Å². The molecule has 120 valence electrons. The molecule has 2 atom stereocenters. The Labute approximate surface area is 134 Å². The molecule has 3 aliphatic heterocycles. The third-order valence-corrected chi connectivity index (χ3v) is 5.81. The van der Waals surface area contributed by atoms with E-state index < -0.39 is 0 Å². The third-order valence-electron chi connectivity index (χ3n) is 5.81. The Morgan fingerprint density at radius 2 is 2.09 bits per heavy atom. The molecule has 0 aromatic carbocycles. The van der Waals surface area contributed by atoms with Gasteiger partial charge in [0.2, 0.25) is 0 Å². The highest BCUT2D eigenvalue weighted by molar-refractivity contribution is 5.40. The number of hydrogen-bond donors (Lipinski definition) is 1. The molecule has 22 heavy (non-hydrogen) atoms. The van der Waals surface area contributed by atoms with Gasteiger partial charge in [0.25, 0.3) is 0 Å². The minimum absolute atomic E-state index is 0.601. The summed E-state index contributed by atoms with van der Waals surface area (Å²) < 4.78 is 5.52. The lowest BCUT2D eigenvalue weighted by molar-refractivity contribution is 0.0741. The molecular formula is C19H28N2O. The summed E-state index contributed by atoms with van der Waals surface area (Å²) in [6, 6.07) is 1.35. The Kier molecular flexibility index (Phi) is 4.35. The number of nitrogens with one attached hydrogen (secondary N) is 1. The topological polar surface area (TPSA) is 24.5 Å². The average molecular weight is 300 g/mol. The Hall–Kier alpha value is -1.06. The quantitative estimate of drug-likeness (QED) is 0.864. The second kappa shape index (κ2) is 6.59. The van der Waals surface area contributed by atoms with Crippen LogP contribution in [0.4, 0.5) is 0 Å². The first-order chi connectivity index (χ1) is 10.9. The van der Waals surface area contributed by atoms with Crippen molar-refractivity contribution in [2.24, 2.45) is 5.92 Å². The number of nitrogens with zero attached hydrogens (tertiary/aromatic N) is 1. The second-order valence-corrected chi connectivity index (χ2v) is 7.15. The van der Waals surface area contributed by atoms with E-state index in [1.807, 2.05) is 0 Å². The lowest BCUT2D eigenvalue weighted by Gasteiger charge is -2.33. The summed E-state index contributed by atoms with van der Waals surface area (Å²) in [6.07, 6.45) is 17.0. The van der Waals surface area contributed by atoms with Crippen molar-refractivity contribution in [3.8, 4) is 0 Å². The summed E-state index contributed by atoms with van der Waals surface area (Å²) in [5, 5.41) is 3.62. The molecule has 0 radical (unpaired) electrons. The highest BCUT2D eigenvalue weighted by Crippen LogP contribution is 2.36. The maximum atomic E-state index is 5.52. The van der Waals surface area contributed by atoms with E-state index in [2.05, 4.69) is 34.6 Å². The van der Waals surface area contributed by atoms with Gasteiger partial charge < -0.3 is 15.0 Å². The summed E-state index contributed by atoms with van der Waals surface area (Å²) in [6.45, 7) is 4.29. The van der Waals surface area contributed by atoms with Gasteiger partial charge in [-0.25, -0.2) is 0 Å². The van der Waals surface area contributed by atoms with E-state index in [1.165, 1.54) is 57.2 Å². The molecule has 3 nitrogen and oxygen atoms in total. The zero-order valence-corrected chi connectivity index (χ0v) is 13.5. The zero-order chi connectivity index (χ0) is 14.8. The fraction of sp³-hybridized carbons (Fsp3) is 0.684. The zero-order valence-electron chi connectivity index (χ0n) is 13.5. The monoisotopic (exact) mass is 300 g/mol. The minimum Gasteiger partial charge on any atom is -0.381 e. The largest absolute Gasteiger partial charge is 0.381 e. The lowest BCUT2D eigenvalue weighted by atomic mass is 9.83. The van der Waals surface area contributed by atoms with E-state index in [0.717, 1.165) is 25.2 Å². The molecule has 3 heterocycles. The smallest absolute Gasteiger partial charge is 0.0574 e. The SMILES string of the molecule is C1=CN(CCC2CCCN2)C2CC(C3CCOCC3)=CC=C12. The maximum absolute atomic E-state index is 5.52. The van der Waals surface area contributed by atoms with Crippen LogP contribution in [0.25, 0.3) is 0 Å². The summed E-state index contributed by atoms with van der Waals surface area (Å²) in [4.78, 5) is 2.58. The molecule has 0 saturated carbocycles. The van der Waals surface area contributed by atoms with E-state index >= 15 is 0 Å². The van der Waals surface area contributed by atoms with E-state index in [9.17, 15) is 0 Å².